The minimum Gasteiger partial charge on any atom is -1.00 e. The van der Waals surface area contributed by atoms with E-state index in [0.29, 0.717) is 12.3 Å². The molecule has 21 heavy (non-hydrogen) atoms. The summed E-state index contributed by atoms with van der Waals surface area (Å²) in [4.78, 5) is 11.5. The summed E-state index contributed by atoms with van der Waals surface area (Å²) in [5, 5.41) is 0. The highest BCUT2D eigenvalue weighted by Gasteiger charge is 2.24. The van der Waals surface area contributed by atoms with Crippen molar-refractivity contribution in [1.29, 1.82) is 0 Å². The Morgan fingerprint density at radius 1 is 1.00 bits per heavy atom. The topological polar surface area (TPSA) is 26.3 Å². The molecule has 0 aliphatic rings. The monoisotopic (exact) mass is 319 g/mol. The van der Waals surface area contributed by atoms with Gasteiger partial charge in [-0.1, -0.05) is 39.2 Å². The summed E-state index contributed by atoms with van der Waals surface area (Å²) >= 11 is 0. The number of hydrogen-bond acceptors (Lipinski definition) is 2. The van der Waals surface area contributed by atoms with E-state index in [4.69, 9.17) is 4.74 Å². The molecule has 0 bridgehead atoms. The van der Waals surface area contributed by atoms with E-state index in [9.17, 15) is 4.79 Å². The van der Waals surface area contributed by atoms with Gasteiger partial charge in [0.1, 0.15) is 0 Å². The summed E-state index contributed by atoms with van der Waals surface area (Å²) in [6.07, 6.45) is 7.81. The highest BCUT2D eigenvalue weighted by Crippen LogP contribution is 2.13. The highest BCUT2D eigenvalue weighted by atomic mass is 35.5. The minimum absolute atomic E-state index is 0. The van der Waals surface area contributed by atoms with E-state index in [-0.39, 0.29) is 18.4 Å². The number of rotatable bonds is 12. The standard InChI is InChI=1S/C17H34NO2.ClH/c1-6-9-10-11-12-13-14-18(7-2,8-3)15-20-17(19)16(4)5;/h4,6-15H2,1-3,5H3;1H/q+1;/p-1. The van der Waals surface area contributed by atoms with E-state index >= 15 is 0 Å². The smallest absolute Gasteiger partial charge is 0.337 e. The summed E-state index contributed by atoms with van der Waals surface area (Å²) in [7, 11) is 0. The molecular weight excluding hydrogens is 286 g/mol. The molecule has 0 rings (SSSR count). The second kappa shape index (κ2) is 13.1. The maximum Gasteiger partial charge on any atom is 0.337 e. The molecule has 0 spiro atoms. The number of carbonyl (C=O) groups is 1. The normalized spacial score (nSPS) is 10.9. The summed E-state index contributed by atoms with van der Waals surface area (Å²) in [5.74, 6) is -0.266. The zero-order valence-corrected chi connectivity index (χ0v) is 15.2. The Morgan fingerprint density at radius 3 is 2.00 bits per heavy atom. The third-order valence-corrected chi connectivity index (χ3v) is 4.15. The molecule has 0 aromatic heterocycles. The molecule has 0 saturated heterocycles. The molecule has 0 N–H and O–H groups in total. The van der Waals surface area contributed by atoms with E-state index in [1.54, 1.807) is 6.92 Å². The second-order valence-electron chi connectivity index (χ2n) is 5.81. The first-order valence-electron chi connectivity index (χ1n) is 8.19. The van der Waals surface area contributed by atoms with Crippen LogP contribution >= 0.6 is 0 Å². The fraction of sp³-hybridized carbons (Fsp3) is 0.824. The number of hydrogen-bond donors (Lipinski definition) is 0. The molecule has 0 aromatic carbocycles. The van der Waals surface area contributed by atoms with E-state index in [1.807, 2.05) is 0 Å². The first-order valence-corrected chi connectivity index (χ1v) is 8.19. The lowest BCUT2D eigenvalue weighted by Gasteiger charge is -2.35. The fourth-order valence-electron chi connectivity index (χ4n) is 2.33. The first-order chi connectivity index (χ1) is 9.51. The van der Waals surface area contributed by atoms with Gasteiger partial charge in [-0.15, -0.1) is 0 Å². The lowest BCUT2D eigenvalue weighted by molar-refractivity contribution is -0.940. The van der Waals surface area contributed by atoms with Crippen molar-refractivity contribution < 1.29 is 26.4 Å². The Balaban J connectivity index is 0. The van der Waals surface area contributed by atoms with Crippen LogP contribution in [0.5, 0.6) is 0 Å². The molecule has 0 unspecified atom stereocenters. The molecule has 0 aliphatic heterocycles. The van der Waals surface area contributed by atoms with Gasteiger partial charge in [-0.3, -0.25) is 4.48 Å². The zero-order valence-electron chi connectivity index (χ0n) is 14.4. The van der Waals surface area contributed by atoms with Gasteiger partial charge in [0.25, 0.3) is 0 Å². The largest absolute Gasteiger partial charge is 1.00 e. The molecule has 4 heteroatoms. The molecule has 3 nitrogen and oxygen atoms in total. The molecule has 126 valence electrons. The van der Waals surface area contributed by atoms with Crippen LogP contribution in [0.2, 0.25) is 0 Å². The third-order valence-electron chi connectivity index (χ3n) is 4.15. The van der Waals surface area contributed by atoms with Crippen molar-refractivity contribution >= 4 is 5.97 Å². The van der Waals surface area contributed by atoms with Gasteiger partial charge in [0.2, 0.25) is 6.73 Å². The van der Waals surface area contributed by atoms with Gasteiger partial charge in [0.05, 0.1) is 19.6 Å². The number of nitrogens with zero attached hydrogens (tertiary/aromatic N) is 1. The molecule has 0 heterocycles. The first kappa shape index (κ1) is 22.7. The summed E-state index contributed by atoms with van der Waals surface area (Å²) < 4.78 is 6.25. The molecule has 0 saturated carbocycles. The van der Waals surface area contributed by atoms with Crippen molar-refractivity contribution in [3.8, 4) is 0 Å². The van der Waals surface area contributed by atoms with E-state index in [1.165, 1.54) is 38.5 Å². The lowest BCUT2D eigenvalue weighted by Crippen LogP contribution is -3.00. The van der Waals surface area contributed by atoms with Gasteiger partial charge in [-0.05, 0) is 33.6 Å². The summed E-state index contributed by atoms with van der Waals surface area (Å²) in [5.41, 5.74) is 0.481. The van der Waals surface area contributed by atoms with Crippen LogP contribution in [0.1, 0.15) is 66.2 Å². The maximum absolute atomic E-state index is 11.5. The Kier molecular flexibility index (Phi) is 14.2. The Morgan fingerprint density at radius 2 is 1.52 bits per heavy atom. The quantitative estimate of drug-likeness (QED) is 0.178. The predicted molar refractivity (Wildman–Crippen MR) is 85.4 cm³/mol. The Bertz CT molecular complexity index is 289. The van der Waals surface area contributed by atoms with Crippen LogP contribution < -0.4 is 12.4 Å². The van der Waals surface area contributed by atoms with E-state index in [2.05, 4.69) is 27.4 Å². The minimum atomic E-state index is -0.266. The number of ether oxygens (including phenoxy) is 1. The number of unbranched alkanes of at least 4 members (excludes halogenated alkanes) is 5. The summed E-state index contributed by atoms with van der Waals surface area (Å²) in [6.45, 7) is 15.5. The van der Waals surface area contributed by atoms with E-state index < -0.39 is 0 Å². The van der Waals surface area contributed by atoms with Gasteiger partial charge >= 0.3 is 5.97 Å². The average Bonchev–Trinajstić information content (AvgIpc) is 2.45. The van der Waals surface area contributed by atoms with Crippen molar-refractivity contribution in [1.82, 2.24) is 0 Å². The van der Waals surface area contributed by atoms with Gasteiger partial charge in [0, 0.05) is 5.57 Å². The second-order valence-corrected chi connectivity index (χ2v) is 5.81. The molecule has 0 aromatic rings. The Labute approximate surface area is 137 Å². The van der Waals surface area contributed by atoms with Gasteiger partial charge in [0.15, 0.2) is 0 Å². The average molecular weight is 320 g/mol. The van der Waals surface area contributed by atoms with Gasteiger partial charge < -0.3 is 17.1 Å². The lowest BCUT2D eigenvalue weighted by atomic mass is 10.1. The highest BCUT2D eigenvalue weighted by molar-refractivity contribution is 5.86. The van der Waals surface area contributed by atoms with Crippen LogP contribution in [-0.2, 0) is 9.53 Å². The maximum atomic E-state index is 11.5. The molecular formula is C17H34ClNO2. The molecule has 0 atom stereocenters. The zero-order chi connectivity index (χ0) is 15.4. The van der Waals surface area contributed by atoms with Gasteiger partial charge in [-0.2, -0.15) is 0 Å². The fourth-order valence-corrected chi connectivity index (χ4v) is 2.33. The number of quaternary nitrogens is 1. The van der Waals surface area contributed by atoms with Crippen molar-refractivity contribution in [2.45, 2.75) is 66.2 Å². The van der Waals surface area contributed by atoms with Crippen LogP contribution in [0, 0.1) is 0 Å². The molecule has 0 fully saturated rings. The predicted octanol–water partition coefficient (Wildman–Crippen LogP) is 1.28. The SMILES string of the molecule is C=C(C)C(=O)OC[N+](CC)(CC)CCCCCCCC.[Cl-]. The van der Waals surface area contributed by atoms with Gasteiger partial charge in [-0.25, -0.2) is 4.79 Å². The van der Waals surface area contributed by atoms with Crippen LogP contribution in [0.15, 0.2) is 12.2 Å². The number of esters is 1. The molecule has 0 radical (unpaired) electrons. The molecule has 0 aliphatic carbocycles. The number of carbonyl (C=O) groups excluding carboxylic acids is 1. The van der Waals surface area contributed by atoms with Crippen LogP contribution in [0.25, 0.3) is 0 Å². The van der Waals surface area contributed by atoms with Crippen LogP contribution in [-0.4, -0.2) is 36.8 Å². The van der Waals surface area contributed by atoms with Crippen molar-refractivity contribution in [2.24, 2.45) is 0 Å². The Hall–Kier alpha value is -0.540. The van der Waals surface area contributed by atoms with Crippen LogP contribution in [0.3, 0.4) is 0 Å². The number of halogens is 1. The van der Waals surface area contributed by atoms with E-state index in [0.717, 1.165) is 24.1 Å². The molecule has 0 amide bonds. The van der Waals surface area contributed by atoms with Crippen LogP contribution in [0.4, 0.5) is 0 Å². The van der Waals surface area contributed by atoms with Crippen molar-refractivity contribution in [2.75, 3.05) is 26.4 Å². The third kappa shape index (κ3) is 9.92. The van der Waals surface area contributed by atoms with Crippen molar-refractivity contribution in [3.05, 3.63) is 12.2 Å². The summed E-state index contributed by atoms with van der Waals surface area (Å²) in [6, 6.07) is 0. The van der Waals surface area contributed by atoms with Crippen molar-refractivity contribution in [3.63, 3.8) is 0 Å².